The van der Waals surface area contributed by atoms with Crippen LogP contribution in [0.1, 0.15) is 5.69 Å². The minimum Gasteiger partial charge on any atom is -0.486 e. The zero-order valence-electron chi connectivity index (χ0n) is 9.06. The van der Waals surface area contributed by atoms with Gasteiger partial charge in [0.05, 0.1) is 9.26 Å². The quantitative estimate of drug-likeness (QED) is 0.510. The third-order valence-corrected chi connectivity index (χ3v) is 3.06. The fraction of sp³-hybridized carbons (Fsp3) is 0.0833. The van der Waals surface area contributed by atoms with Crippen LogP contribution in [0.5, 0.6) is 5.75 Å². The Bertz CT molecular complexity index is 505. The minimum atomic E-state index is 0.426. The number of hydrogen-bond acceptors (Lipinski definition) is 4. The van der Waals surface area contributed by atoms with Crippen LogP contribution < -0.4 is 16.0 Å². The molecule has 0 aliphatic rings. The number of nitrogen functional groups attached to an aromatic ring is 1. The molecule has 5 heteroatoms. The molecule has 3 N–H and O–H groups in total. The van der Waals surface area contributed by atoms with E-state index in [1.165, 1.54) is 0 Å². The van der Waals surface area contributed by atoms with Crippen molar-refractivity contribution in [1.29, 1.82) is 0 Å². The second-order valence-electron chi connectivity index (χ2n) is 3.38. The van der Waals surface area contributed by atoms with Crippen LogP contribution in [-0.4, -0.2) is 4.98 Å². The molecule has 1 heterocycles. The molecule has 88 valence electrons. The van der Waals surface area contributed by atoms with Gasteiger partial charge in [0.1, 0.15) is 18.2 Å². The number of benzene rings is 1. The maximum absolute atomic E-state index is 5.68. The number of nitrogens with two attached hydrogens (primary N) is 1. The lowest BCUT2D eigenvalue weighted by Gasteiger charge is -2.08. The Morgan fingerprint density at radius 1 is 1.18 bits per heavy atom. The van der Waals surface area contributed by atoms with Crippen LogP contribution in [0.15, 0.2) is 42.5 Å². The van der Waals surface area contributed by atoms with E-state index in [-0.39, 0.29) is 0 Å². The van der Waals surface area contributed by atoms with Crippen molar-refractivity contribution in [2.45, 2.75) is 6.61 Å². The largest absolute Gasteiger partial charge is 0.486 e. The first-order valence-corrected chi connectivity index (χ1v) is 6.17. The van der Waals surface area contributed by atoms with E-state index in [0.29, 0.717) is 12.4 Å². The number of nitrogens with zero attached hydrogens (tertiary/aromatic N) is 1. The van der Waals surface area contributed by atoms with E-state index in [0.717, 1.165) is 15.0 Å². The summed E-state index contributed by atoms with van der Waals surface area (Å²) in [5, 5.41) is 0. The molecule has 1 aromatic heterocycles. The van der Waals surface area contributed by atoms with Crippen molar-refractivity contribution in [1.82, 2.24) is 4.98 Å². The fourth-order valence-electron chi connectivity index (χ4n) is 1.35. The third-order valence-electron chi connectivity index (χ3n) is 2.17. The summed E-state index contributed by atoms with van der Waals surface area (Å²) >= 11 is 2.24. The summed E-state index contributed by atoms with van der Waals surface area (Å²) in [6.45, 7) is 0.426. The number of nitrogens with one attached hydrogen (secondary N) is 1. The Kier molecular flexibility index (Phi) is 4.16. The van der Waals surface area contributed by atoms with Gasteiger partial charge < -0.3 is 10.2 Å². The standard InChI is InChI=1S/C12H12IN3O/c13-10-5-1-2-6-11(10)17-8-9-4-3-7-12(15-9)16-14/h1-7H,8,14H2,(H,15,16). The highest BCUT2D eigenvalue weighted by atomic mass is 127. The predicted molar refractivity (Wildman–Crippen MR) is 75.5 cm³/mol. The Labute approximate surface area is 113 Å². The summed E-state index contributed by atoms with van der Waals surface area (Å²) < 4.78 is 6.77. The number of ether oxygens (including phenoxy) is 1. The van der Waals surface area contributed by atoms with Crippen LogP contribution in [0.4, 0.5) is 5.82 Å². The number of hydrogen-bond donors (Lipinski definition) is 2. The second kappa shape index (κ2) is 5.83. The van der Waals surface area contributed by atoms with Crippen LogP contribution in [0.3, 0.4) is 0 Å². The first-order valence-electron chi connectivity index (χ1n) is 5.09. The lowest BCUT2D eigenvalue weighted by molar-refractivity contribution is 0.299. The predicted octanol–water partition coefficient (Wildman–Crippen LogP) is 2.55. The highest BCUT2D eigenvalue weighted by Crippen LogP contribution is 2.20. The molecule has 0 saturated carbocycles. The van der Waals surface area contributed by atoms with E-state index in [1.807, 2.05) is 36.4 Å². The van der Waals surface area contributed by atoms with Gasteiger partial charge in [-0.1, -0.05) is 18.2 Å². The van der Waals surface area contributed by atoms with E-state index >= 15 is 0 Å². The first-order chi connectivity index (χ1) is 8.29. The summed E-state index contributed by atoms with van der Waals surface area (Å²) in [4.78, 5) is 4.27. The summed E-state index contributed by atoms with van der Waals surface area (Å²) in [6.07, 6.45) is 0. The summed E-state index contributed by atoms with van der Waals surface area (Å²) in [5.74, 6) is 6.79. The highest BCUT2D eigenvalue weighted by molar-refractivity contribution is 14.1. The lowest BCUT2D eigenvalue weighted by Crippen LogP contribution is -2.09. The van der Waals surface area contributed by atoms with Gasteiger partial charge in [0, 0.05) is 0 Å². The molecule has 0 atom stereocenters. The van der Waals surface area contributed by atoms with Crippen molar-refractivity contribution >= 4 is 28.4 Å². The van der Waals surface area contributed by atoms with E-state index in [2.05, 4.69) is 33.0 Å². The number of anilines is 1. The highest BCUT2D eigenvalue weighted by Gasteiger charge is 2.01. The molecule has 2 aromatic rings. The van der Waals surface area contributed by atoms with Gasteiger partial charge in [0.25, 0.3) is 0 Å². The molecule has 0 bridgehead atoms. The molecule has 4 nitrogen and oxygen atoms in total. The molecular formula is C12H12IN3O. The molecule has 0 aliphatic heterocycles. The van der Waals surface area contributed by atoms with Crippen LogP contribution in [0.2, 0.25) is 0 Å². The van der Waals surface area contributed by atoms with Gasteiger partial charge in [-0.05, 0) is 46.9 Å². The van der Waals surface area contributed by atoms with Gasteiger partial charge >= 0.3 is 0 Å². The van der Waals surface area contributed by atoms with E-state index in [1.54, 1.807) is 6.07 Å². The monoisotopic (exact) mass is 341 g/mol. The molecule has 2 rings (SSSR count). The van der Waals surface area contributed by atoms with Gasteiger partial charge in [-0.2, -0.15) is 0 Å². The average molecular weight is 341 g/mol. The Balaban J connectivity index is 2.05. The lowest BCUT2D eigenvalue weighted by atomic mass is 10.3. The van der Waals surface area contributed by atoms with Crippen molar-refractivity contribution in [2.24, 2.45) is 5.84 Å². The van der Waals surface area contributed by atoms with Gasteiger partial charge in [-0.3, -0.25) is 0 Å². The number of rotatable bonds is 4. The molecule has 0 saturated heterocycles. The normalized spacial score (nSPS) is 10.0. The van der Waals surface area contributed by atoms with E-state index < -0.39 is 0 Å². The molecule has 1 aromatic carbocycles. The van der Waals surface area contributed by atoms with Gasteiger partial charge in [0.2, 0.25) is 0 Å². The van der Waals surface area contributed by atoms with Crippen LogP contribution in [0.25, 0.3) is 0 Å². The van der Waals surface area contributed by atoms with Crippen molar-refractivity contribution in [3.05, 3.63) is 51.7 Å². The molecule has 17 heavy (non-hydrogen) atoms. The molecule has 0 spiro atoms. The van der Waals surface area contributed by atoms with Crippen molar-refractivity contribution in [3.63, 3.8) is 0 Å². The fourth-order valence-corrected chi connectivity index (χ4v) is 1.90. The molecule has 0 amide bonds. The number of aromatic nitrogens is 1. The zero-order chi connectivity index (χ0) is 12.1. The van der Waals surface area contributed by atoms with Crippen LogP contribution >= 0.6 is 22.6 Å². The maximum Gasteiger partial charge on any atom is 0.140 e. The van der Waals surface area contributed by atoms with Crippen molar-refractivity contribution in [3.8, 4) is 5.75 Å². The Morgan fingerprint density at radius 2 is 2.00 bits per heavy atom. The maximum atomic E-state index is 5.68. The summed E-state index contributed by atoms with van der Waals surface area (Å²) in [7, 11) is 0. The van der Waals surface area contributed by atoms with Crippen LogP contribution in [-0.2, 0) is 6.61 Å². The summed E-state index contributed by atoms with van der Waals surface area (Å²) in [6, 6.07) is 13.5. The Morgan fingerprint density at radius 3 is 2.76 bits per heavy atom. The number of para-hydroxylation sites is 1. The van der Waals surface area contributed by atoms with Gasteiger partial charge in [-0.15, -0.1) is 0 Å². The van der Waals surface area contributed by atoms with E-state index in [4.69, 9.17) is 10.6 Å². The smallest absolute Gasteiger partial charge is 0.140 e. The van der Waals surface area contributed by atoms with Gasteiger partial charge in [-0.25, -0.2) is 10.8 Å². The Hall–Kier alpha value is -1.34. The minimum absolute atomic E-state index is 0.426. The zero-order valence-corrected chi connectivity index (χ0v) is 11.2. The summed E-state index contributed by atoms with van der Waals surface area (Å²) in [5.41, 5.74) is 3.34. The third kappa shape index (κ3) is 3.31. The molecule has 0 radical (unpaired) electrons. The number of halogens is 1. The van der Waals surface area contributed by atoms with Crippen molar-refractivity contribution < 1.29 is 4.74 Å². The van der Waals surface area contributed by atoms with Crippen LogP contribution in [0, 0.1) is 3.57 Å². The number of pyridine rings is 1. The SMILES string of the molecule is NNc1cccc(COc2ccccc2I)n1. The van der Waals surface area contributed by atoms with E-state index in [9.17, 15) is 0 Å². The van der Waals surface area contributed by atoms with Gasteiger partial charge in [0.15, 0.2) is 0 Å². The number of hydrazine groups is 1. The average Bonchev–Trinajstić information content (AvgIpc) is 2.38. The molecular weight excluding hydrogens is 329 g/mol. The van der Waals surface area contributed by atoms with Crippen molar-refractivity contribution in [2.75, 3.05) is 5.43 Å². The molecule has 0 fully saturated rings. The molecule has 0 unspecified atom stereocenters. The first kappa shape index (κ1) is 12.1. The topological polar surface area (TPSA) is 60.2 Å². The molecule has 0 aliphatic carbocycles. The second-order valence-corrected chi connectivity index (χ2v) is 4.54.